The molecule has 3 aromatic heterocycles. The van der Waals surface area contributed by atoms with E-state index >= 15 is 0 Å². The van der Waals surface area contributed by atoms with E-state index in [4.69, 9.17) is 15.0 Å². The molecule has 0 radical (unpaired) electrons. The third kappa shape index (κ3) is 5.93. The van der Waals surface area contributed by atoms with Crippen LogP contribution in [0.3, 0.4) is 0 Å². The van der Waals surface area contributed by atoms with E-state index in [9.17, 15) is 0 Å². The molecule has 14 rings (SSSR count). The first-order valence-electron chi connectivity index (χ1n) is 23.1. The Kier molecular flexibility index (Phi) is 8.52. The van der Waals surface area contributed by atoms with Gasteiger partial charge in [0.25, 0.3) is 0 Å². The molecule has 11 aromatic carbocycles. The predicted molar refractivity (Wildman–Crippen MR) is 283 cm³/mol. The van der Waals surface area contributed by atoms with Gasteiger partial charge in [-0.25, -0.2) is 4.98 Å². The minimum atomic E-state index is 0.552. The van der Waals surface area contributed by atoms with Crippen LogP contribution in [0.5, 0.6) is 0 Å². The van der Waals surface area contributed by atoms with E-state index in [0.717, 1.165) is 77.3 Å². The largest absolute Gasteiger partial charge is 0.307 e. The summed E-state index contributed by atoms with van der Waals surface area (Å²) in [6.07, 6.45) is 0. The molecule has 0 bridgehead atoms. The second-order valence-electron chi connectivity index (χ2n) is 17.6. The quantitative estimate of drug-likeness (QED) is 0.156. The van der Waals surface area contributed by atoms with E-state index in [1.165, 1.54) is 37.7 Å². The smallest absolute Gasteiger partial charge is 0.238 e. The summed E-state index contributed by atoms with van der Waals surface area (Å²) in [7, 11) is 0. The standard InChI is InChI=1S/C63H39N5/c1-3-15-40(16-4-1)42-27-31-44(32-28-42)61-64-62(45-33-29-43(30-34-45)41-17-5-2-6-18-41)66-63(65-61)68-58-26-14-12-24-53(58)55-38-37-54-52-23-11-13-25-57(52)67(59(54)60(55)68)46-35-36-51-49-21-8-7-19-47(49)48-20-9-10-22-50(48)56(51)39-46/h1-39H. The van der Waals surface area contributed by atoms with Crippen molar-refractivity contribution in [2.45, 2.75) is 0 Å². The van der Waals surface area contributed by atoms with Crippen molar-refractivity contribution >= 4 is 75.9 Å². The fraction of sp³-hybridized carbons (Fsp3) is 0. The van der Waals surface area contributed by atoms with Gasteiger partial charge in [0.15, 0.2) is 11.6 Å². The molecule has 14 aromatic rings. The SMILES string of the molecule is c1ccc(-c2ccc(-c3nc(-c4ccc(-c5ccccc5)cc4)nc(-n4c5ccccc5c5ccc6c7ccccc7n(-c7ccc8c9ccccc9c9ccccc9c8c7)c6c54)n3)cc2)cc1. The Bertz CT molecular complexity index is 4150. The highest BCUT2D eigenvalue weighted by molar-refractivity contribution is 6.27. The van der Waals surface area contributed by atoms with Gasteiger partial charge in [0.2, 0.25) is 5.95 Å². The molecule has 0 fully saturated rings. The minimum absolute atomic E-state index is 0.552. The highest BCUT2D eigenvalue weighted by Crippen LogP contribution is 2.43. The first kappa shape index (κ1) is 38.1. The Morgan fingerprint density at radius 2 is 0.588 bits per heavy atom. The average Bonchev–Trinajstić information content (AvgIpc) is 3.95. The van der Waals surface area contributed by atoms with Gasteiger partial charge in [-0.2, -0.15) is 9.97 Å². The zero-order valence-corrected chi connectivity index (χ0v) is 36.8. The zero-order valence-electron chi connectivity index (χ0n) is 36.8. The van der Waals surface area contributed by atoms with Crippen molar-refractivity contribution in [2.75, 3.05) is 0 Å². The third-order valence-electron chi connectivity index (χ3n) is 13.8. The van der Waals surface area contributed by atoms with E-state index in [2.05, 4.69) is 234 Å². The summed E-state index contributed by atoms with van der Waals surface area (Å²) in [5.41, 5.74) is 11.8. The molecule has 3 heterocycles. The maximum Gasteiger partial charge on any atom is 0.238 e. The number of benzene rings is 11. The molecular formula is C63H39N5. The second-order valence-corrected chi connectivity index (χ2v) is 17.6. The fourth-order valence-electron chi connectivity index (χ4n) is 10.6. The number of para-hydroxylation sites is 2. The van der Waals surface area contributed by atoms with Crippen molar-refractivity contribution in [3.63, 3.8) is 0 Å². The van der Waals surface area contributed by atoms with Crippen LogP contribution in [0.1, 0.15) is 0 Å². The highest BCUT2D eigenvalue weighted by Gasteiger charge is 2.24. The van der Waals surface area contributed by atoms with Gasteiger partial charge >= 0.3 is 0 Å². The number of aromatic nitrogens is 5. The van der Waals surface area contributed by atoms with Crippen molar-refractivity contribution in [1.29, 1.82) is 0 Å². The normalized spacial score (nSPS) is 11.8. The van der Waals surface area contributed by atoms with Gasteiger partial charge in [0, 0.05) is 38.4 Å². The van der Waals surface area contributed by atoms with Gasteiger partial charge in [-0.3, -0.25) is 4.57 Å². The van der Waals surface area contributed by atoms with Crippen LogP contribution in [0, 0.1) is 0 Å². The van der Waals surface area contributed by atoms with Crippen molar-refractivity contribution in [2.24, 2.45) is 0 Å². The van der Waals surface area contributed by atoms with Crippen LogP contribution in [0.4, 0.5) is 0 Å². The van der Waals surface area contributed by atoms with Gasteiger partial charge in [0.05, 0.1) is 22.1 Å². The molecule has 0 amide bonds. The lowest BCUT2D eigenvalue weighted by Crippen LogP contribution is -2.07. The van der Waals surface area contributed by atoms with E-state index in [1.54, 1.807) is 0 Å². The number of fused-ring (bicyclic) bond motifs is 13. The van der Waals surface area contributed by atoms with Gasteiger partial charge in [-0.05, 0) is 78.8 Å². The molecule has 0 aliphatic rings. The summed E-state index contributed by atoms with van der Waals surface area (Å²) in [6, 6.07) is 84.6. The highest BCUT2D eigenvalue weighted by atomic mass is 15.2. The molecule has 0 saturated heterocycles. The first-order valence-corrected chi connectivity index (χ1v) is 23.1. The number of hydrogen-bond acceptors (Lipinski definition) is 3. The molecule has 0 N–H and O–H groups in total. The van der Waals surface area contributed by atoms with Crippen LogP contribution in [-0.4, -0.2) is 24.1 Å². The molecule has 316 valence electrons. The summed E-state index contributed by atoms with van der Waals surface area (Å²) in [6.45, 7) is 0. The Balaban J connectivity index is 1.06. The van der Waals surface area contributed by atoms with Crippen molar-refractivity contribution < 1.29 is 0 Å². The third-order valence-corrected chi connectivity index (χ3v) is 13.8. The average molecular weight is 866 g/mol. The monoisotopic (exact) mass is 865 g/mol. The minimum Gasteiger partial charge on any atom is -0.307 e. The van der Waals surface area contributed by atoms with E-state index in [-0.39, 0.29) is 0 Å². The summed E-state index contributed by atoms with van der Waals surface area (Å²) < 4.78 is 4.73. The second kappa shape index (κ2) is 15.2. The number of hydrogen-bond donors (Lipinski definition) is 0. The molecule has 0 spiro atoms. The van der Waals surface area contributed by atoms with Crippen LogP contribution in [0.2, 0.25) is 0 Å². The Morgan fingerprint density at radius 3 is 1.09 bits per heavy atom. The van der Waals surface area contributed by atoms with E-state index in [1.807, 2.05) is 12.1 Å². The molecule has 0 unspecified atom stereocenters. The van der Waals surface area contributed by atoms with Crippen LogP contribution in [0.15, 0.2) is 237 Å². The molecule has 68 heavy (non-hydrogen) atoms. The molecule has 5 heteroatoms. The molecule has 0 aliphatic carbocycles. The topological polar surface area (TPSA) is 48.5 Å². The van der Waals surface area contributed by atoms with Crippen molar-refractivity contribution in [3.05, 3.63) is 237 Å². The molecular weight excluding hydrogens is 827 g/mol. The fourth-order valence-corrected chi connectivity index (χ4v) is 10.6. The maximum absolute atomic E-state index is 5.44. The van der Waals surface area contributed by atoms with E-state index in [0.29, 0.717) is 17.6 Å². The summed E-state index contributed by atoms with van der Waals surface area (Å²) in [5.74, 6) is 1.75. The van der Waals surface area contributed by atoms with Crippen molar-refractivity contribution in [1.82, 2.24) is 24.1 Å². The van der Waals surface area contributed by atoms with Gasteiger partial charge in [0.1, 0.15) is 0 Å². The Hall–Kier alpha value is -9.19. The maximum atomic E-state index is 5.44. The van der Waals surface area contributed by atoms with Gasteiger partial charge < -0.3 is 4.57 Å². The van der Waals surface area contributed by atoms with Crippen LogP contribution >= 0.6 is 0 Å². The number of nitrogens with zero attached hydrogens (tertiary/aromatic N) is 5. The molecule has 5 nitrogen and oxygen atoms in total. The summed E-state index contributed by atoms with van der Waals surface area (Å²) >= 11 is 0. The molecule has 0 aliphatic heterocycles. The number of rotatable bonds is 6. The van der Waals surface area contributed by atoms with Crippen LogP contribution in [-0.2, 0) is 0 Å². The molecule has 0 atom stereocenters. The summed E-state index contributed by atoms with van der Waals surface area (Å²) in [4.78, 5) is 16.1. The lowest BCUT2D eigenvalue weighted by molar-refractivity contribution is 0.953. The lowest BCUT2D eigenvalue weighted by Gasteiger charge is -2.15. The van der Waals surface area contributed by atoms with Crippen molar-refractivity contribution in [3.8, 4) is 56.7 Å². The Labute approximate surface area is 391 Å². The van der Waals surface area contributed by atoms with Crippen LogP contribution < -0.4 is 0 Å². The van der Waals surface area contributed by atoms with Gasteiger partial charge in [-0.1, -0.05) is 212 Å². The zero-order chi connectivity index (χ0) is 44.7. The first-order chi connectivity index (χ1) is 33.7. The van der Waals surface area contributed by atoms with E-state index < -0.39 is 0 Å². The Morgan fingerprint density at radius 1 is 0.235 bits per heavy atom. The summed E-state index contributed by atoms with van der Waals surface area (Å²) in [5, 5.41) is 12.1. The predicted octanol–water partition coefficient (Wildman–Crippen LogP) is 16.2. The van der Waals surface area contributed by atoms with Gasteiger partial charge in [-0.15, -0.1) is 0 Å². The van der Waals surface area contributed by atoms with Crippen LogP contribution in [0.25, 0.3) is 133 Å². The lowest BCUT2D eigenvalue weighted by atomic mass is 9.94. The molecule has 0 saturated carbocycles.